The second-order valence-corrected chi connectivity index (χ2v) is 6.23. The first kappa shape index (κ1) is 16.4. The minimum absolute atomic E-state index is 0.0588. The molecule has 1 atom stereocenters. The number of para-hydroxylation sites is 1. The summed E-state index contributed by atoms with van der Waals surface area (Å²) in [6.07, 6.45) is 0. The Balaban J connectivity index is 2.62. The Morgan fingerprint density at radius 1 is 1.40 bits per heavy atom. The van der Waals surface area contributed by atoms with Gasteiger partial charge in [-0.05, 0) is 33.8 Å². The first-order valence-electron chi connectivity index (χ1n) is 6.82. The Kier molecular flexibility index (Phi) is 5.51. The fourth-order valence-corrected chi connectivity index (χ4v) is 1.75. The number of ether oxygens (including phenoxy) is 1. The van der Waals surface area contributed by atoms with E-state index in [1.165, 1.54) is 0 Å². The van der Waals surface area contributed by atoms with Crippen molar-refractivity contribution in [1.82, 2.24) is 5.32 Å². The highest BCUT2D eigenvalue weighted by atomic mass is 16.6. The summed E-state index contributed by atoms with van der Waals surface area (Å²) in [5.41, 5.74) is 0.736. The highest BCUT2D eigenvalue weighted by Crippen LogP contribution is 2.30. The van der Waals surface area contributed by atoms with Crippen LogP contribution in [0.3, 0.4) is 0 Å². The van der Waals surface area contributed by atoms with Gasteiger partial charge in [-0.25, -0.2) is 0 Å². The molecule has 1 aromatic rings. The third-order valence-electron chi connectivity index (χ3n) is 2.89. The number of hydrogen-bond acceptors (Lipinski definition) is 4. The maximum absolute atomic E-state index is 11.1. The summed E-state index contributed by atoms with van der Waals surface area (Å²) < 4.78 is 5.62. The molecule has 0 bridgehead atoms. The van der Waals surface area contributed by atoms with Crippen LogP contribution < -0.4 is 10.1 Å². The highest BCUT2D eigenvalue weighted by Gasteiger charge is 2.19. The predicted octanol–water partition coefficient (Wildman–Crippen LogP) is 3.31. The predicted molar refractivity (Wildman–Crippen MR) is 80.2 cm³/mol. The fourth-order valence-electron chi connectivity index (χ4n) is 1.75. The van der Waals surface area contributed by atoms with Crippen molar-refractivity contribution in [2.75, 3.05) is 13.2 Å². The van der Waals surface area contributed by atoms with Crippen LogP contribution in [0.15, 0.2) is 18.2 Å². The third-order valence-corrected chi connectivity index (χ3v) is 2.89. The van der Waals surface area contributed by atoms with Crippen molar-refractivity contribution in [3.63, 3.8) is 0 Å². The van der Waals surface area contributed by atoms with E-state index in [1.807, 2.05) is 0 Å². The lowest BCUT2D eigenvalue weighted by Crippen LogP contribution is -2.39. The molecular formula is C15H24N2O3. The Hall–Kier alpha value is -1.62. The van der Waals surface area contributed by atoms with Gasteiger partial charge < -0.3 is 10.1 Å². The number of nitro benzene ring substituents is 1. The summed E-state index contributed by atoms with van der Waals surface area (Å²) in [6, 6.07) is 5.14. The Bertz CT molecular complexity index is 467. The number of nitrogens with zero attached hydrogens (tertiary/aromatic N) is 1. The number of nitro groups is 1. The summed E-state index contributed by atoms with van der Waals surface area (Å²) in [7, 11) is 0. The molecule has 0 radical (unpaired) electrons. The quantitative estimate of drug-likeness (QED) is 0.641. The zero-order valence-corrected chi connectivity index (χ0v) is 12.9. The van der Waals surface area contributed by atoms with Gasteiger partial charge in [-0.3, -0.25) is 10.1 Å². The maximum Gasteiger partial charge on any atom is 0.313 e. The van der Waals surface area contributed by atoms with Crippen molar-refractivity contribution >= 4 is 5.69 Å². The van der Waals surface area contributed by atoms with Gasteiger partial charge in [-0.1, -0.05) is 19.1 Å². The van der Waals surface area contributed by atoms with Crippen LogP contribution in [0.4, 0.5) is 5.69 Å². The SMILES string of the molecule is Cc1cccc(OCC(C)CNC(C)(C)C)c1[N+](=O)[O-]. The Morgan fingerprint density at radius 2 is 2.05 bits per heavy atom. The van der Waals surface area contributed by atoms with E-state index >= 15 is 0 Å². The van der Waals surface area contributed by atoms with Gasteiger partial charge >= 0.3 is 5.69 Å². The summed E-state index contributed by atoms with van der Waals surface area (Å²) in [5.74, 6) is 0.618. The molecule has 0 aromatic heterocycles. The van der Waals surface area contributed by atoms with E-state index in [4.69, 9.17) is 4.74 Å². The van der Waals surface area contributed by atoms with Crippen LogP contribution in [-0.2, 0) is 0 Å². The minimum Gasteiger partial charge on any atom is -0.486 e. The van der Waals surface area contributed by atoms with E-state index in [-0.39, 0.29) is 22.1 Å². The van der Waals surface area contributed by atoms with E-state index in [0.29, 0.717) is 17.9 Å². The van der Waals surface area contributed by atoms with E-state index in [9.17, 15) is 10.1 Å². The number of aryl methyl sites for hydroxylation is 1. The first-order valence-corrected chi connectivity index (χ1v) is 6.82. The standard InChI is InChI=1S/C15H24N2O3/c1-11(9-16-15(3,4)5)10-20-13-8-6-7-12(2)14(13)17(18)19/h6-8,11,16H,9-10H2,1-5H3. The summed E-state index contributed by atoms with van der Waals surface area (Å²) >= 11 is 0. The largest absolute Gasteiger partial charge is 0.486 e. The van der Waals surface area contributed by atoms with E-state index in [1.54, 1.807) is 25.1 Å². The topological polar surface area (TPSA) is 64.4 Å². The lowest BCUT2D eigenvalue weighted by atomic mass is 10.1. The Labute approximate surface area is 120 Å². The zero-order valence-electron chi connectivity index (χ0n) is 12.9. The summed E-state index contributed by atoms with van der Waals surface area (Å²) in [5, 5.41) is 14.5. The molecule has 1 N–H and O–H groups in total. The molecule has 0 aliphatic carbocycles. The molecule has 0 amide bonds. The summed E-state index contributed by atoms with van der Waals surface area (Å²) in [4.78, 5) is 10.7. The number of hydrogen-bond donors (Lipinski definition) is 1. The van der Waals surface area contributed by atoms with E-state index in [2.05, 4.69) is 33.0 Å². The van der Waals surface area contributed by atoms with Crippen molar-refractivity contribution in [3.05, 3.63) is 33.9 Å². The van der Waals surface area contributed by atoms with Gasteiger partial charge in [-0.15, -0.1) is 0 Å². The van der Waals surface area contributed by atoms with Crippen LogP contribution >= 0.6 is 0 Å². The van der Waals surface area contributed by atoms with Crippen LogP contribution in [0, 0.1) is 23.0 Å². The lowest BCUT2D eigenvalue weighted by Gasteiger charge is -2.23. The maximum atomic E-state index is 11.1. The number of rotatable bonds is 6. The molecule has 5 heteroatoms. The van der Waals surface area contributed by atoms with Gasteiger partial charge in [0.15, 0.2) is 5.75 Å². The van der Waals surface area contributed by atoms with Gasteiger partial charge in [0.25, 0.3) is 0 Å². The van der Waals surface area contributed by atoms with Crippen molar-refractivity contribution in [2.45, 2.75) is 40.2 Å². The molecule has 5 nitrogen and oxygen atoms in total. The molecule has 1 rings (SSSR count). The van der Waals surface area contributed by atoms with Crippen LogP contribution in [0.2, 0.25) is 0 Å². The molecule has 0 fully saturated rings. The van der Waals surface area contributed by atoms with Gasteiger partial charge in [0, 0.05) is 23.6 Å². The number of nitrogens with one attached hydrogen (secondary N) is 1. The molecular weight excluding hydrogens is 256 g/mol. The van der Waals surface area contributed by atoms with Gasteiger partial charge in [0.05, 0.1) is 11.5 Å². The van der Waals surface area contributed by atoms with Gasteiger partial charge in [0.2, 0.25) is 0 Å². The first-order chi connectivity index (χ1) is 9.20. The van der Waals surface area contributed by atoms with Crippen LogP contribution in [0.5, 0.6) is 5.75 Å². The van der Waals surface area contributed by atoms with Crippen LogP contribution in [0.1, 0.15) is 33.3 Å². The van der Waals surface area contributed by atoms with Gasteiger partial charge in [-0.2, -0.15) is 0 Å². The molecule has 0 aliphatic heterocycles. The molecule has 0 spiro atoms. The molecule has 0 aliphatic rings. The molecule has 0 saturated heterocycles. The van der Waals surface area contributed by atoms with Crippen molar-refractivity contribution < 1.29 is 9.66 Å². The smallest absolute Gasteiger partial charge is 0.313 e. The highest BCUT2D eigenvalue weighted by molar-refractivity contribution is 5.51. The normalized spacial score (nSPS) is 13.1. The average molecular weight is 280 g/mol. The van der Waals surface area contributed by atoms with Crippen molar-refractivity contribution in [1.29, 1.82) is 0 Å². The second-order valence-electron chi connectivity index (χ2n) is 6.23. The van der Waals surface area contributed by atoms with Crippen LogP contribution in [0.25, 0.3) is 0 Å². The van der Waals surface area contributed by atoms with E-state index in [0.717, 1.165) is 6.54 Å². The third kappa shape index (κ3) is 5.17. The average Bonchev–Trinajstić information content (AvgIpc) is 2.32. The molecule has 112 valence electrons. The second kappa shape index (κ2) is 6.70. The lowest BCUT2D eigenvalue weighted by molar-refractivity contribution is -0.386. The van der Waals surface area contributed by atoms with Gasteiger partial charge in [0.1, 0.15) is 0 Å². The van der Waals surface area contributed by atoms with Crippen LogP contribution in [-0.4, -0.2) is 23.6 Å². The summed E-state index contributed by atoms with van der Waals surface area (Å²) in [6.45, 7) is 11.3. The molecule has 1 unspecified atom stereocenters. The molecule has 20 heavy (non-hydrogen) atoms. The minimum atomic E-state index is -0.386. The molecule has 0 heterocycles. The van der Waals surface area contributed by atoms with Crippen molar-refractivity contribution in [3.8, 4) is 5.75 Å². The molecule has 1 aromatic carbocycles. The fraction of sp³-hybridized carbons (Fsp3) is 0.600. The van der Waals surface area contributed by atoms with E-state index < -0.39 is 0 Å². The molecule has 0 saturated carbocycles. The monoisotopic (exact) mass is 280 g/mol. The Morgan fingerprint density at radius 3 is 2.60 bits per heavy atom. The number of benzene rings is 1. The zero-order chi connectivity index (χ0) is 15.3. The van der Waals surface area contributed by atoms with Crippen molar-refractivity contribution in [2.24, 2.45) is 5.92 Å².